The summed E-state index contributed by atoms with van der Waals surface area (Å²) in [4.78, 5) is 18.9. The van der Waals surface area contributed by atoms with Crippen LogP contribution in [0.5, 0.6) is 0 Å². The van der Waals surface area contributed by atoms with E-state index < -0.39 is 40.0 Å². The number of aliphatic hydroxyl groups is 1. The second-order valence-electron chi connectivity index (χ2n) is 7.71. The van der Waals surface area contributed by atoms with Gasteiger partial charge in [0.05, 0.1) is 5.60 Å². The van der Waals surface area contributed by atoms with Crippen molar-refractivity contribution < 1.29 is 45.9 Å². The Labute approximate surface area is 142 Å². The molecule has 4 bridgehead atoms. The van der Waals surface area contributed by atoms with Crippen molar-refractivity contribution >= 4 is 5.97 Å². The molecule has 2 atom stereocenters. The van der Waals surface area contributed by atoms with Crippen LogP contribution < -0.4 is 0 Å². The monoisotopic (exact) mass is 391 g/mol. The van der Waals surface area contributed by atoms with Gasteiger partial charge >= 0.3 is 23.9 Å². The first-order valence-corrected chi connectivity index (χ1v) is 7.88. The van der Waals surface area contributed by atoms with Gasteiger partial charge in [0.15, 0.2) is 0 Å². The standard InChI is InChI=1S/C14H15F6NO5/c15-12(16,13(17,18)14(19,20)21(24)25)9(22)26-11-4-7-1-8(5-11)3-10(23,2-7)6-11/h7-8,23H,1-6H2. The van der Waals surface area contributed by atoms with E-state index in [4.69, 9.17) is 0 Å². The lowest BCUT2D eigenvalue weighted by atomic mass is 9.52. The molecule has 1 N–H and O–H groups in total. The Balaban J connectivity index is 1.84. The van der Waals surface area contributed by atoms with E-state index >= 15 is 0 Å². The molecule has 26 heavy (non-hydrogen) atoms. The minimum atomic E-state index is -6.58. The highest BCUT2D eigenvalue weighted by Gasteiger charge is 2.84. The van der Waals surface area contributed by atoms with Gasteiger partial charge in [-0.05, 0) is 43.9 Å². The molecule has 2 unspecified atom stereocenters. The fourth-order valence-corrected chi connectivity index (χ4v) is 4.94. The summed E-state index contributed by atoms with van der Waals surface area (Å²) < 4.78 is 84.8. The summed E-state index contributed by atoms with van der Waals surface area (Å²) in [6, 6.07) is -6.37. The molecular formula is C14H15F6NO5. The highest BCUT2D eigenvalue weighted by Crippen LogP contribution is 2.59. The molecule has 0 amide bonds. The zero-order chi connectivity index (χ0) is 19.8. The molecule has 4 rings (SSSR count). The lowest BCUT2D eigenvalue weighted by molar-refractivity contribution is -0.682. The molecule has 148 valence electrons. The quantitative estimate of drug-likeness (QED) is 0.256. The van der Waals surface area contributed by atoms with E-state index in [2.05, 4.69) is 4.74 Å². The molecule has 0 spiro atoms. The Bertz CT molecular complexity index is 640. The maximum absolute atomic E-state index is 13.8. The predicted octanol–water partition coefficient (Wildman–Crippen LogP) is 2.75. The van der Waals surface area contributed by atoms with Crippen LogP contribution in [0.2, 0.25) is 0 Å². The molecule has 0 aromatic heterocycles. The summed E-state index contributed by atoms with van der Waals surface area (Å²) in [5.41, 5.74) is -2.94. The first-order valence-electron chi connectivity index (χ1n) is 7.88. The van der Waals surface area contributed by atoms with Crippen LogP contribution in [0.3, 0.4) is 0 Å². The third-order valence-electron chi connectivity index (χ3n) is 5.54. The lowest BCUT2D eigenvalue weighted by Gasteiger charge is -2.59. The second kappa shape index (κ2) is 5.23. The summed E-state index contributed by atoms with van der Waals surface area (Å²) in [6.45, 7) is 0. The molecule has 6 nitrogen and oxygen atoms in total. The van der Waals surface area contributed by atoms with Crippen LogP contribution in [0.1, 0.15) is 38.5 Å². The number of ether oxygens (including phenoxy) is 1. The predicted molar refractivity (Wildman–Crippen MR) is 70.3 cm³/mol. The van der Waals surface area contributed by atoms with Gasteiger partial charge in [0, 0.05) is 6.42 Å². The first-order chi connectivity index (χ1) is 11.6. The SMILES string of the molecule is O=C(OC12CC3CC(CC(O)(C3)C1)C2)C(F)(F)C(F)(F)C(F)(F)[N+](=O)[O-]. The Morgan fingerprint density at radius 1 is 1.08 bits per heavy atom. The normalized spacial score (nSPS) is 36.9. The summed E-state index contributed by atoms with van der Waals surface area (Å²) >= 11 is 0. The fourth-order valence-electron chi connectivity index (χ4n) is 4.94. The van der Waals surface area contributed by atoms with Crippen molar-refractivity contribution in [2.45, 2.75) is 67.6 Å². The summed E-state index contributed by atoms with van der Waals surface area (Å²) in [7, 11) is 0. The molecule has 12 heteroatoms. The van der Waals surface area contributed by atoms with Crippen LogP contribution in [0.15, 0.2) is 0 Å². The van der Waals surface area contributed by atoms with E-state index in [1.165, 1.54) is 0 Å². The number of carbonyl (C=O) groups excluding carboxylic acids is 1. The Hall–Kier alpha value is -1.59. The maximum Gasteiger partial charge on any atom is 0.583 e. The summed E-state index contributed by atoms with van der Waals surface area (Å²) in [5, 5.41) is 20.5. The molecule has 0 aliphatic heterocycles. The van der Waals surface area contributed by atoms with Gasteiger partial charge in [-0.3, -0.25) is 10.1 Å². The number of halogens is 6. The van der Waals surface area contributed by atoms with Crippen LogP contribution in [0.25, 0.3) is 0 Å². The molecule has 0 saturated heterocycles. The zero-order valence-electron chi connectivity index (χ0n) is 13.2. The summed E-state index contributed by atoms with van der Waals surface area (Å²) in [6.07, 6.45) is 1.21. The highest BCUT2D eigenvalue weighted by molar-refractivity contribution is 5.79. The molecule has 0 aromatic carbocycles. The number of carbonyl (C=O) groups is 1. The van der Waals surface area contributed by atoms with Gasteiger partial charge in [-0.25, -0.2) is 4.79 Å². The minimum Gasteiger partial charge on any atom is -0.454 e. The van der Waals surface area contributed by atoms with Crippen LogP contribution in [-0.2, 0) is 9.53 Å². The molecule has 4 saturated carbocycles. The number of hydrogen-bond donors (Lipinski definition) is 1. The van der Waals surface area contributed by atoms with Crippen LogP contribution >= 0.6 is 0 Å². The molecule has 4 aliphatic rings. The van der Waals surface area contributed by atoms with Crippen molar-refractivity contribution in [1.29, 1.82) is 0 Å². The number of alkyl halides is 6. The number of nitrogens with zero attached hydrogens (tertiary/aromatic N) is 1. The molecule has 0 aromatic rings. The number of rotatable bonds is 5. The van der Waals surface area contributed by atoms with E-state index in [-0.39, 0.29) is 31.1 Å². The smallest absolute Gasteiger partial charge is 0.454 e. The first kappa shape index (κ1) is 19.2. The topological polar surface area (TPSA) is 89.7 Å². The minimum absolute atomic E-state index is 0.0465. The molecular weight excluding hydrogens is 376 g/mol. The fraction of sp³-hybridized carbons (Fsp3) is 0.929. The van der Waals surface area contributed by atoms with Gasteiger partial charge in [-0.15, -0.1) is 8.78 Å². The van der Waals surface area contributed by atoms with Crippen molar-refractivity contribution in [3.8, 4) is 0 Å². The Morgan fingerprint density at radius 2 is 1.58 bits per heavy atom. The maximum atomic E-state index is 13.8. The average Bonchev–Trinajstić information content (AvgIpc) is 2.43. The molecule has 0 radical (unpaired) electrons. The number of esters is 1. The van der Waals surface area contributed by atoms with E-state index in [0.717, 1.165) is 0 Å². The number of hydrogen-bond acceptors (Lipinski definition) is 5. The average molecular weight is 391 g/mol. The van der Waals surface area contributed by atoms with Gasteiger partial charge in [0.25, 0.3) is 0 Å². The van der Waals surface area contributed by atoms with Crippen molar-refractivity contribution in [1.82, 2.24) is 0 Å². The van der Waals surface area contributed by atoms with Crippen molar-refractivity contribution in [3.05, 3.63) is 10.1 Å². The zero-order valence-corrected chi connectivity index (χ0v) is 13.2. The molecule has 0 heterocycles. The Morgan fingerprint density at radius 3 is 2.00 bits per heavy atom. The van der Waals surface area contributed by atoms with E-state index in [1.807, 2.05) is 0 Å². The van der Waals surface area contributed by atoms with Crippen molar-refractivity contribution in [2.75, 3.05) is 0 Å². The number of nitro groups is 1. The molecule has 4 aliphatic carbocycles. The van der Waals surface area contributed by atoms with Crippen LogP contribution in [-0.4, -0.2) is 45.1 Å². The third-order valence-corrected chi connectivity index (χ3v) is 5.54. The van der Waals surface area contributed by atoms with Crippen LogP contribution in [0.4, 0.5) is 26.3 Å². The van der Waals surface area contributed by atoms with Crippen molar-refractivity contribution in [3.63, 3.8) is 0 Å². The van der Waals surface area contributed by atoms with Gasteiger partial charge in [0.1, 0.15) is 10.5 Å². The second-order valence-corrected chi connectivity index (χ2v) is 7.71. The van der Waals surface area contributed by atoms with E-state index in [9.17, 15) is 46.4 Å². The van der Waals surface area contributed by atoms with Gasteiger partial charge in [0.2, 0.25) is 0 Å². The van der Waals surface area contributed by atoms with Gasteiger partial charge in [-0.2, -0.15) is 17.6 Å². The highest BCUT2D eigenvalue weighted by atomic mass is 19.3. The Kier molecular flexibility index (Phi) is 3.86. The largest absolute Gasteiger partial charge is 0.583 e. The third kappa shape index (κ3) is 2.55. The van der Waals surface area contributed by atoms with Crippen LogP contribution in [0, 0.1) is 22.0 Å². The summed E-state index contributed by atoms with van der Waals surface area (Å²) in [5.74, 6) is -16.0. The molecule has 4 fully saturated rings. The lowest BCUT2D eigenvalue weighted by Crippen LogP contribution is -2.65. The van der Waals surface area contributed by atoms with E-state index in [0.29, 0.717) is 19.3 Å². The van der Waals surface area contributed by atoms with Gasteiger partial charge < -0.3 is 9.84 Å². The van der Waals surface area contributed by atoms with Gasteiger partial charge in [-0.1, -0.05) is 0 Å². The van der Waals surface area contributed by atoms with Crippen molar-refractivity contribution in [2.24, 2.45) is 11.8 Å². The van der Waals surface area contributed by atoms with E-state index in [1.54, 1.807) is 0 Å².